The third kappa shape index (κ3) is 3.75. The van der Waals surface area contributed by atoms with E-state index >= 15 is 0 Å². The van der Waals surface area contributed by atoms with E-state index in [4.69, 9.17) is 0 Å². The number of hydrogen-bond donors (Lipinski definition) is 2. The van der Waals surface area contributed by atoms with Crippen LogP contribution in [0.2, 0.25) is 0 Å². The lowest BCUT2D eigenvalue weighted by molar-refractivity contribution is 0.474. The molecule has 0 saturated heterocycles. The maximum Gasteiger partial charge on any atom is 0.124 e. The quantitative estimate of drug-likeness (QED) is 0.674. The molecule has 0 bridgehead atoms. The summed E-state index contributed by atoms with van der Waals surface area (Å²) < 4.78 is 0. The van der Waals surface area contributed by atoms with Crippen molar-refractivity contribution in [2.45, 2.75) is 18.0 Å². The molecule has 1 aliphatic carbocycles. The second-order valence-corrected chi connectivity index (χ2v) is 6.59. The third-order valence-electron chi connectivity index (χ3n) is 4.77. The first-order valence-electron chi connectivity index (χ1n) is 8.91. The van der Waals surface area contributed by atoms with Crippen molar-refractivity contribution < 1.29 is 10.2 Å². The highest BCUT2D eigenvalue weighted by Gasteiger charge is 2.51. The SMILES string of the molecule is Oc1ccccc1C=N[C@@H]1C(c2ccccc2)[C@@H]1N=Cc1ccccc1O. The summed E-state index contributed by atoms with van der Waals surface area (Å²) in [6, 6.07) is 24.5. The van der Waals surface area contributed by atoms with E-state index in [9.17, 15) is 10.2 Å². The van der Waals surface area contributed by atoms with Crippen LogP contribution in [0.4, 0.5) is 0 Å². The second-order valence-electron chi connectivity index (χ2n) is 6.59. The van der Waals surface area contributed by atoms with E-state index in [2.05, 4.69) is 22.1 Å². The molecule has 1 fully saturated rings. The van der Waals surface area contributed by atoms with Gasteiger partial charge in [0.15, 0.2) is 0 Å². The number of benzene rings is 3. The van der Waals surface area contributed by atoms with Crippen LogP contribution in [0.5, 0.6) is 11.5 Å². The number of para-hydroxylation sites is 2. The van der Waals surface area contributed by atoms with Crippen molar-refractivity contribution in [3.05, 3.63) is 95.6 Å². The molecule has 134 valence electrons. The highest BCUT2D eigenvalue weighted by molar-refractivity contribution is 5.85. The number of phenolic OH excluding ortho intramolecular Hbond substituents is 2. The molecule has 3 atom stereocenters. The zero-order valence-electron chi connectivity index (χ0n) is 14.7. The first-order valence-corrected chi connectivity index (χ1v) is 8.91. The minimum Gasteiger partial charge on any atom is -0.507 e. The van der Waals surface area contributed by atoms with Crippen molar-refractivity contribution in [2.75, 3.05) is 0 Å². The third-order valence-corrected chi connectivity index (χ3v) is 4.77. The van der Waals surface area contributed by atoms with Gasteiger partial charge in [0.25, 0.3) is 0 Å². The molecule has 0 radical (unpaired) electrons. The van der Waals surface area contributed by atoms with Gasteiger partial charge in [-0.3, -0.25) is 9.98 Å². The van der Waals surface area contributed by atoms with Crippen LogP contribution in [0.15, 0.2) is 88.8 Å². The highest BCUT2D eigenvalue weighted by atomic mass is 16.3. The van der Waals surface area contributed by atoms with Crippen LogP contribution in [0.3, 0.4) is 0 Å². The molecule has 0 aliphatic heterocycles. The Morgan fingerprint density at radius 1 is 0.593 bits per heavy atom. The molecule has 2 N–H and O–H groups in total. The lowest BCUT2D eigenvalue weighted by atomic mass is 10.1. The fourth-order valence-electron chi connectivity index (χ4n) is 3.24. The molecule has 0 amide bonds. The van der Waals surface area contributed by atoms with Crippen LogP contribution in [-0.2, 0) is 0 Å². The molecule has 0 heterocycles. The Balaban J connectivity index is 1.58. The summed E-state index contributed by atoms with van der Waals surface area (Å²) >= 11 is 0. The summed E-state index contributed by atoms with van der Waals surface area (Å²) in [5, 5.41) is 19.9. The maximum absolute atomic E-state index is 9.93. The van der Waals surface area contributed by atoms with E-state index in [1.165, 1.54) is 5.56 Å². The van der Waals surface area contributed by atoms with Crippen LogP contribution < -0.4 is 0 Å². The number of phenols is 2. The molecule has 3 aromatic rings. The Hall–Kier alpha value is -3.40. The number of aliphatic imine (C=N–C) groups is 2. The molecular formula is C23H20N2O2. The molecule has 4 rings (SSSR count). The average molecular weight is 356 g/mol. The van der Waals surface area contributed by atoms with Gasteiger partial charge >= 0.3 is 0 Å². The van der Waals surface area contributed by atoms with Crippen LogP contribution >= 0.6 is 0 Å². The van der Waals surface area contributed by atoms with Crippen molar-refractivity contribution in [3.8, 4) is 11.5 Å². The van der Waals surface area contributed by atoms with Crippen molar-refractivity contribution in [2.24, 2.45) is 9.98 Å². The first-order chi connectivity index (χ1) is 13.2. The van der Waals surface area contributed by atoms with Crippen molar-refractivity contribution >= 4 is 12.4 Å². The molecule has 1 aliphatic rings. The highest BCUT2D eigenvalue weighted by Crippen LogP contribution is 2.46. The smallest absolute Gasteiger partial charge is 0.124 e. The summed E-state index contributed by atoms with van der Waals surface area (Å²) in [6.45, 7) is 0. The molecule has 4 nitrogen and oxygen atoms in total. The van der Waals surface area contributed by atoms with Gasteiger partial charge in [-0.25, -0.2) is 0 Å². The van der Waals surface area contributed by atoms with Crippen molar-refractivity contribution in [1.82, 2.24) is 0 Å². The molecule has 0 aromatic heterocycles. The monoisotopic (exact) mass is 356 g/mol. The summed E-state index contributed by atoms with van der Waals surface area (Å²) in [7, 11) is 0. The molecule has 0 spiro atoms. The molecule has 1 saturated carbocycles. The minimum absolute atomic E-state index is 0.00844. The van der Waals surface area contributed by atoms with E-state index in [-0.39, 0.29) is 29.5 Å². The standard InChI is InChI=1S/C23H20N2O2/c26-19-12-6-4-10-17(19)14-24-22-21(16-8-2-1-3-9-16)23(22)25-15-18-11-5-7-13-20(18)27/h1-15,21-23,26-27H/t21?,22-,23+. The van der Waals surface area contributed by atoms with Gasteiger partial charge in [0.05, 0.1) is 12.1 Å². The lowest BCUT2D eigenvalue weighted by Crippen LogP contribution is -1.91. The number of hydrogen-bond acceptors (Lipinski definition) is 4. The van der Waals surface area contributed by atoms with E-state index in [0.29, 0.717) is 11.1 Å². The van der Waals surface area contributed by atoms with Gasteiger partial charge in [-0.2, -0.15) is 0 Å². The largest absolute Gasteiger partial charge is 0.507 e. The van der Waals surface area contributed by atoms with Crippen LogP contribution in [0.1, 0.15) is 22.6 Å². The molecule has 27 heavy (non-hydrogen) atoms. The summed E-state index contributed by atoms with van der Waals surface area (Å²) in [5.74, 6) is 0.621. The maximum atomic E-state index is 9.93. The first kappa shape index (κ1) is 17.0. The van der Waals surface area contributed by atoms with Gasteiger partial charge in [-0.05, 0) is 29.8 Å². The van der Waals surface area contributed by atoms with Crippen LogP contribution in [-0.4, -0.2) is 34.7 Å². The fourth-order valence-corrected chi connectivity index (χ4v) is 3.24. The van der Waals surface area contributed by atoms with Gasteiger partial charge in [0, 0.05) is 29.5 Å². The number of aromatic hydroxyl groups is 2. The van der Waals surface area contributed by atoms with Crippen molar-refractivity contribution in [3.63, 3.8) is 0 Å². The van der Waals surface area contributed by atoms with Crippen molar-refractivity contribution in [1.29, 1.82) is 0 Å². The molecule has 1 unspecified atom stereocenters. The van der Waals surface area contributed by atoms with Gasteiger partial charge in [-0.15, -0.1) is 0 Å². The number of rotatable bonds is 5. The summed E-state index contributed by atoms with van der Waals surface area (Å²) in [5.41, 5.74) is 2.58. The van der Waals surface area contributed by atoms with E-state index in [0.717, 1.165) is 0 Å². The lowest BCUT2D eigenvalue weighted by Gasteiger charge is -1.97. The number of nitrogens with zero attached hydrogens (tertiary/aromatic N) is 2. The summed E-state index contributed by atoms with van der Waals surface area (Å²) in [6.07, 6.45) is 3.43. The Bertz CT molecular complexity index is 921. The zero-order chi connectivity index (χ0) is 18.6. The predicted molar refractivity (Wildman–Crippen MR) is 108 cm³/mol. The molecule has 4 heteroatoms. The Labute approximate surface area is 158 Å². The van der Waals surface area contributed by atoms with E-state index < -0.39 is 0 Å². The Kier molecular flexibility index (Phi) is 4.71. The van der Waals surface area contributed by atoms with Gasteiger partial charge in [0.2, 0.25) is 0 Å². The van der Waals surface area contributed by atoms with Crippen LogP contribution in [0, 0.1) is 0 Å². The topological polar surface area (TPSA) is 65.2 Å². The fraction of sp³-hybridized carbons (Fsp3) is 0.130. The average Bonchev–Trinajstić information content (AvgIpc) is 3.40. The van der Waals surface area contributed by atoms with E-state index in [1.807, 2.05) is 42.5 Å². The van der Waals surface area contributed by atoms with E-state index in [1.54, 1.807) is 36.7 Å². The minimum atomic E-state index is 0.00844. The Morgan fingerprint density at radius 3 is 1.52 bits per heavy atom. The summed E-state index contributed by atoms with van der Waals surface area (Å²) in [4.78, 5) is 9.36. The molecular weight excluding hydrogens is 336 g/mol. The normalized spacial score (nSPS) is 21.7. The molecule has 3 aromatic carbocycles. The predicted octanol–water partition coefficient (Wildman–Crippen LogP) is 4.17. The van der Waals surface area contributed by atoms with Gasteiger partial charge in [-0.1, -0.05) is 54.6 Å². The van der Waals surface area contributed by atoms with Gasteiger partial charge in [0.1, 0.15) is 11.5 Å². The zero-order valence-corrected chi connectivity index (χ0v) is 14.7. The van der Waals surface area contributed by atoms with Crippen LogP contribution in [0.25, 0.3) is 0 Å². The second kappa shape index (κ2) is 7.46. The van der Waals surface area contributed by atoms with Gasteiger partial charge < -0.3 is 10.2 Å². The Morgan fingerprint density at radius 2 is 1.04 bits per heavy atom.